The highest BCUT2D eigenvalue weighted by Crippen LogP contribution is 2.23. The van der Waals surface area contributed by atoms with Crippen LogP contribution < -0.4 is 5.56 Å². The summed E-state index contributed by atoms with van der Waals surface area (Å²) in [6, 6.07) is 3.72. The summed E-state index contributed by atoms with van der Waals surface area (Å²) in [4.78, 5) is 19.0. The van der Waals surface area contributed by atoms with Crippen LogP contribution in [-0.2, 0) is 6.42 Å². The Labute approximate surface area is 114 Å². The van der Waals surface area contributed by atoms with Crippen LogP contribution in [0.5, 0.6) is 0 Å². The Balaban J connectivity index is 2.55. The fourth-order valence-electron chi connectivity index (χ4n) is 1.67. The second-order valence-electron chi connectivity index (χ2n) is 4.39. The van der Waals surface area contributed by atoms with E-state index in [4.69, 9.17) is 4.42 Å². The lowest BCUT2D eigenvalue weighted by Crippen LogP contribution is -2.14. The predicted octanol–water partition coefficient (Wildman–Crippen LogP) is 3.48. The van der Waals surface area contributed by atoms with Gasteiger partial charge >= 0.3 is 0 Å². The first-order valence-corrected chi connectivity index (χ1v) is 6.71. The van der Waals surface area contributed by atoms with Gasteiger partial charge in [0.1, 0.15) is 10.2 Å². The second-order valence-corrected chi connectivity index (χ2v) is 5.18. The van der Waals surface area contributed by atoms with Crippen molar-refractivity contribution in [2.75, 3.05) is 0 Å². The zero-order valence-electron chi connectivity index (χ0n) is 10.6. The summed E-state index contributed by atoms with van der Waals surface area (Å²) in [7, 11) is 0. The summed E-state index contributed by atoms with van der Waals surface area (Å²) in [5.74, 6) is 2.12. The van der Waals surface area contributed by atoms with Crippen molar-refractivity contribution in [3.05, 3.63) is 38.4 Å². The number of aromatic nitrogens is 2. The molecule has 2 heterocycles. The fraction of sp³-hybridized carbons (Fsp3) is 0.385. The molecular formula is C13H15BrN2O2. The fourth-order valence-corrected chi connectivity index (χ4v) is 2.32. The van der Waals surface area contributed by atoms with E-state index < -0.39 is 0 Å². The minimum atomic E-state index is -0.182. The van der Waals surface area contributed by atoms with Crippen LogP contribution >= 0.6 is 15.9 Å². The molecule has 0 aliphatic carbocycles. The molecule has 0 amide bonds. The standard InChI is InChI=1S/C13H15BrN2O2/c1-4-8-5-6-9(18-8)12-15-11(7(2)3)10(14)13(17)16-12/h5-7H,4H2,1-3H3,(H,15,16,17). The van der Waals surface area contributed by atoms with Gasteiger partial charge in [0.05, 0.1) is 5.69 Å². The lowest BCUT2D eigenvalue weighted by atomic mass is 10.1. The van der Waals surface area contributed by atoms with Crippen LogP contribution in [0.15, 0.2) is 25.8 Å². The molecule has 1 N–H and O–H groups in total. The average Bonchev–Trinajstić information content (AvgIpc) is 2.80. The van der Waals surface area contributed by atoms with Gasteiger partial charge in [-0.15, -0.1) is 0 Å². The van der Waals surface area contributed by atoms with Crippen molar-refractivity contribution in [3.63, 3.8) is 0 Å². The van der Waals surface area contributed by atoms with Gasteiger partial charge in [-0.1, -0.05) is 20.8 Å². The Morgan fingerprint density at radius 3 is 2.72 bits per heavy atom. The van der Waals surface area contributed by atoms with E-state index in [1.54, 1.807) is 0 Å². The lowest BCUT2D eigenvalue weighted by molar-refractivity contribution is 0.524. The van der Waals surface area contributed by atoms with Crippen molar-refractivity contribution in [2.45, 2.75) is 33.1 Å². The molecule has 0 fully saturated rings. The maximum atomic E-state index is 11.8. The highest BCUT2D eigenvalue weighted by atomic mass is 79.9. The Kier molecular flexibility index (Phi) is 3.71. The highest BCUT2D eigenvalue weighted by molar-refractivity contribution is 9.10. The van der Waals surface area contributed by atoms with E-state index in [0.717, 1.165) is 17.9 Å². The number of aromatic amines is 1. The first-order valence-electron chi connectivity index (χ1n) is 5.91. The molecule has 0 spiro atoms. The molecule has 2 aromatic heterocycles. The molecular weight excluding hydrogens is 296 g/mol. The van der Waals surface area contributed by atoms with Gasteiger partial charge < -0.3 is 9.40 Å². The largest absolute Gasteiger partial charge is 0.458 e. The Hall–Kier alpha value is -1.36. The molecule has 96 valence electrons. The molecule has 0 aliphatic rings. The summed E-state index contributed by atoms with van der Waals surface area (Å²) in [5, 5.41) is 0. The van der Waals surface area contributed by atoms with Crippen molar-refractivity contribution >= 4 is 15.9 Å². The van der Waals surface area contributed by atoms with E-state index in [1.165, 1.54) is 0 Å². The molecule has 2 aromatic rings. The molecule has 0 radical (unpaired) electrons. The third-order valence-corrected chi connectivity index (χ3v) is 3.45. The number of nitrogens with zero attached hydrogens (tertiary/aromatic N) is 1. The summed E-state index contributed by atoms with van der Waals surface area (Å²) < 4.78 is 6.09. The van der Waals surface area contributed by atoms with E-state index in [0.29, 0.717) is 16.1 Å². The van der Waals surface area contributed by atoms with Gasteiger partial charge in [0, 0.05) is 6.42 Å². The normalized spacial score (nSPS) is 11.2. The van der Waals surface area contributed by atoms with Crippen LogP contribution in [0.4, 0.5) is 0 Å². The minimum Gasteiger partial charge on any atom is -0.458 e. The summed E-state index contributed by atoms with van der Waals surface area (Å²) in [6.07, 6.45) is 0.817. The van der Waals surface area contributed by atoms with E-state index in [1.807, 2.05) is 32.9 Å². The van der Waals surface area contributed by atoms with Crippen molar-refractivity contribution in [2.24, 2.45) is 0 Å². The number of aryl methyl sites for hydroxylation is 1. The third-order valence-electron chi connectivity index (χ3n) is 2.68. The van der Waals surface area contributed by atoms with Gasteiger partial charge in [0.25, 0.3) is 5.56 Å². The molecule has 0 bridgehead atoms. The van der Waals surface area contributed by atoms with Crippen molar-refractivity contribution in [1.82, 2.24) is 9.97 Å². The van der Waals surface area contributed by atoms with Crippen LogP contribution in [-0.4, -0.2) is 9.97 Å². The number of nitrogens with one attached hydrogen (secondary N) is 1. The van der Waals surface area contributed by atoms with E-state index >= 15 is 0 Å². The number of hydrogen-bond donors (Lipinski definition) is 1. The zero-order chi connectivity index (χ0) is 13.3. The van der Waals surface area contributed by atoms with Gasteiger partial charge in [0.2, 0.25) is 0 Å². The van der Waals surface area contributed by atoms with Crippen molar-refractivity contribution < 1.29 is 4.42 Å². The smallest absolute Gasteiger partial charge is 0.265 e. The maximum absolute atomic E-state index is 11.8. The molecule has 0 unspecified atom stereocenters. The number of hydrogen-bond acceptors (Lipinski definition) is 3. The SMILES string of the molecule is CCc1ccc(-c2nc(C(C)C)c(Br)c(=O)[nH]2)o1. The third kappa shape index (κ3) is 2.41. The molecule has 0 aromatic carbocycles. The van der Waals surface area contributed by atoms with Crippen LogP contribution in [0.3, 0.4) is 0 Å². The second kappa shape index (κ2) is 5.10. The molecule has 0 saturated carbocycles. The molecule has 0 saturated heterocycles. The van der Waals surface area contributed by atoms with E-state index in [2.05, 4.69) is 25.9 Å². The molecule has 0 atom stereocenters. The minimum absolute atomic E-state index is 0.168. The number of furan rings is 1. The Morgan fingerprint density at radius 1 is 1.44 bits per heavy atom. The van der Waals surface area contributed by atoms with Crippen LogP contribution in [0, 0.1) is 0 Å². The average molecular weight is 311 g/mol. The van der Waals surface area contributed by atoms with E-state index in [-0.39, 0.29) is 11.5 Å². The first kappa shape index (κ1) is 13.1. The van der Waals surface area contributed by atoms with Gasteiger partial charge in [0.15, 0.2) is 11.6 Å². The van der Waals surface area contributed by atoms with Crippen LogP contribution in [0.1, 0.15) is 38.1 Å². The van der Waals surface area contributed by atoms with Crippen LogP contribution in [0.25, 0.3) is 11.6 Å². The summed E-state index contributed by atoms with van der Waals surface area (Å²) >= 11 is 3.27. The van der Waals surface area contributed by atoms with E-state index in [9.17, 15) is 4.79 Å². The molecule has 0 aliphatic heterocycles. The van der Waals surface area contributed by atoms with Gasteiger partial charge in [-0.25, -0.2) is 4.98 Å². The Bertz CT molecular complexity index is 614. The zero-order valence-corrected chi connectivity index (χ0v) is 12.2. The molecule has 18 heavy (non-hydrogen) atoms. The molecule has 5 heteroatoms. The summed E-state index contributed by atoms with van der Waals surface area (Å²) in [6.45, 7) is 6.01. The highest BCUT2D eigenvalue weighted by Gasteiger charge is 2.14. The lowest BCUT2D eigenvalue weighted by Gasteiger charge is -2.07. The maximum Gasteiger partial charge on any atom is 0.265 e. The monoisotopic (exact) mass is 310 g/mol. The van der Waals surface area contributed by atoms with Crippen molar-refractivity contribution in [1.29, 1.82) is 0 Å². The summed E-state index contributed by atoms with van der Waals surface area (Å²) in [5.41, 5.74) is 0.557. The molecule has 2 rings (SSSR count). The Morgan fingerprint density at radius 2 is 2.17 bits per heavy atom. The van der Waals surface area contributed by atoms with Gasteiger partial charge in [-0.3, -0.25) is 4.79 Å². The quantitative estimate of drug-likeness (QED) is 0.944. The topological polar surface area (TPSA) is 58.9 Å². The number of H-pyrrole nitrogens is 1. The predicted molar refractivity (Wildman–Crippen MR) is 73.7 cm³/mol. The van der Waals surface area contributed by atoms with Gasteiger partial charge in [-0.2, -0.15) is 0 Å². The van der Waals surface area contributed by atoms with Crippen molar-refractivity contribution in [3.8, 4) is 11.6 Å². The first-order chi connectivity index (χ1) is 8.52. The van der Waals surface area contributed by atoms with Gasteiger partial charge in [-0.05, 0) is 34.0 Å². The number of halogens is 1. The molecule has 4 nitrogen and oxygen atoms in total. The number of rotatable bonds is 3. The van der Waals surface area contributed by atoms with Crippen LogP contribution in [0.2, 0.25) is 0 Å².